The first-order chi connectivity index (χ1) is 12.5. The van der Waals surface area contributed by atoms with Crippen LogP contribution in [0.4, 0.5) is 24.7 Å². The van der Waals surface area contributed by atoms with Crippen molar-refractivity contribution in [3.05, 3.63) is 48.5 Å². The van der Waals surface area contributed by atoms with E-state index in [9.17, 15) is 13.2 Å². The van der Waals surface area contributed by atoms with Crippen molar-refractivity contribution in [3.8, 4) is 0 Å². The molecule has 0 unspecified atom stereocenters. The monoisotopic (exact) mass is 360 g/mol. The van der Waals surface area contributed by atoms with Gasteiger partial charge in [0.2, 0.25) is 0 Å². The highest BCUT2D eigenvalue weighted by atomic mass is 19.4. The number of benzene rings is 1. The Labute approximate surface area is 147 Å². The Morgan fingerprint density at radius 3 is 2.35 bits per heavy atom. The fourth-order valence-corrected chi connectivity index (χ4v) is 3.01. The zero-order valence-corrected chi connectivity index (χ0v) is 13.7. The summed E-state index contributed by atoms with van der Waals surface area (Å²) in [5, 5.41) is 7.99. The van der Waals surface area contributed by atoms with E-state index < -0.39 is 11.9 Å². The molecule has 0 bridgehead atoms. The lowest BCUT2D eigenvalue weighted by atomic mass is 10.2. The number of nitrogens with zero attached hydrogens (tertiary/aromatic N) is 6. The van der Waals surface area contributed by atoms with Crippen molar-refractivity contribution in [1.82, 2.24) is 20.2 Å². The first kappa shape index (κ1) is 16.5. The van der Waals surface area contributed by atoms with Crippen molar-refractivity contribution < 1.29 is 13.2 Å². The lowest BCUT2D eigenvalue weighted by Gasteiger charge is -2.36. The molecule has 2 aromatic heterocycles. The molecule has 26 heavy (non-hydrogen) atoms. The molecule has 0 radical (unpaired) electrons. The molecule has 3 aromatic rings. The Kier molecular flexibility index (Phi) is 4.06. The van der Waals surface area contributed by atoms with Crippen LogP contribution in [0, 0.1) is 0 Å². The fourth-order valence-electron chi connectivity index (χ4n) is 3.01. The summed E-state index contributed by atoms with van der Waals surface area (Å²) in [6.45, 7) is 2.79. The molecular weight excluding hydrogens is 345 g/mol. The summed E-state index contributed by atoms with van der Waals surface area (Å²) in [7, 11) is 0. The van der Waals surface area contributed by atoms with Gasteiger partial charge in [-0.05, 0) is 30.3 Å². The minimum atomic E-state index is -4.47. The van der Waals surface area contributed by atoms with Crippen LogP contribution >= 0.6 is 0 Å². The Hall–Kier alpha value is -2.97. The second-order valence-corrected chi connectivity index (χ2v) is 6.01. The van der Waals surface area contributed by atoms with Crippen LogP contribution in [-0.4, -0.2) is 46.3 Å². The maximum absolute atomic E-state index is 12.6. The fraction of sp³-hybridized carbons (Fsp3) is 0.294. The number of fused-ring (bicyclic) bond motifs is 1. The maximum atomic E-state index is 12.6. The number of hydrogen-bond acceptors (Lipinski definition) is 6. The highest BCUT2D eigenvalue weighted by molar-refractivity contribution is 5.81. The number of aromatic nitrogens is 4. The van der Waals surface area contributed by atoms with E-state index in [4.69, 9.17) is 0 Å². The third-order valence-electron chi connectivity index (χ3n) is 4.40. The van der Waals surface area contributed by atoms with Gasteiger partial charge in [0, 0.05) is 43.4 Å². The normalized spacial score (nSPS) is 15.5. The molecule has 134 valence electrons. The number of rotatable bonds is 2. The van der Waals surface area contributed by atoms with Gasteiger partial charge >= 0.3 is 6.18 Å². The summed E-state index contributed by atoms with van der Waals surface area (Å²) >= 11 is 0. The number of hydrogen-bond donors (Lipinski definition) is 0. The highest BCUT2D eigenvalue weighted by Crippen LogP contribution is 2.28. The number of piperazine rings is 1. The van der Waals surface area contributed by atoms with Gasteiger partial charge in [0.05, 0.1) is 5.52 Å². The Balaban J connectivity index is 1.45. The van der Waals surface area contributed by atoms with Gasteiger partial charge in [0.25, 0.3) is 0 Å². The predicted molar refractivity (Wildman–Crippen MR) is 91.0 cm³/mol. The quantitative estimate of drug-likeness (QED) is 0.700. The second kappa shape index (κ2) is 6.40. The van der Waals surface area contributed by atoms with E-state index in [2.05, 4.69) is 25.1 Å². The van der Waals surface area contributed by atoms with Gasteiger partial charge in [-0.25, -0.2) is 9.97 Å². The smallest absolute Gasteiger partial charge is 0.368 e. The molecular formula is C17H15F3N6. The zero-order valence-electron chi connectivity index (χ0n) is 13.7. The first-order valence-electron chi connectivity index (χ1n) is 8.11. The molecule has 1 aliphatic rings. The Morgan fingerprint density at radius 2 is 1.65 bits per heavy atom. The van der Waals surface area contributed by atoms with Crippen molar-refractivity contribution in [2.75, 3.05) is 36.0 Å². The summed E-state index contributed by atoms with van der Waals surface area (Å²) in [6, 6.07) is 8.36. The van der Waals surface area contributed by atoms with Crippen molar-refractivity contribution in [1.29, 1.82) is 0 Å². The molecule has 3 heterocycles. The molecule has 0 saturated carbocycles. The van der Waals surface area contributed by atoms with Gasteiger partial charge in [0.15, 0.2) is 11.5 Å². The van der Waals surface area contributed by atoms with Crippen LogP contribution in [0.1, 0.15) is 5.69 Å². The van der Waals surface area contributed by atoms with Crippen LogP contribution in [-0.2, 0) is 6.18 Å². The molecule has 1 saturated heterocycles. The predicted octanol–water partition coefficient (Wildman–Crippen LogP) is 2.77. The number of halogens is 3. The second-order valence-electron chi connectivity index (χ2n) is 6.01. The van der Waals surface area contributed by atoms with Gasteiger partial charge in [0.1, 0.15) is 6.33 Å². The molecule has 4 rings (SSSR count). The van der Waals surface area contributed by atoms with Crippen LogP contribution < -0.4 is 9.80 Å². The van der Waals surface area contributed by atoms with E-state index in [1.54, 1.807) is 6.20 Å². The standard InChI is InChI=1S/C17H15F3N6/c18-17(19,20)15-3-4-16(24-23-15)26-7-5-25(6-8-26)13-1-2-14-12(9-13)10-21-11-22-14/h1-4,9-11H,5-8H2. The molecule has 1 fully saturated rings. The number of alkyl halides is 3. The average molecular weight is 360 g/mol. The molecule has 0 atom stereocenters. The van der Waals surface area contributed by atoms with Crippen molar-refractivity contribution in [2.45, 2.75) is 6.18 Å². The van der Waals surface area contributed by atoms with E-state index in [-0.39, 0.29) is 0 Å². The van der Waals surface area contributed by atoms with Gasteiger partial charge in [-0.2, -0.15) is 13.2 Å². The summed E-state index contributed by atoms with van der Waals surface area (Å²) < 4.78 is 37.7. The zero-order chi connectivity index (χ0) is 18.1. The lowest BCUT2D eigenvalue weighted by Crippen LogP contribution is -2.46. The van der Waals surface area contributed by atoms with Crippen LogP contribution in [0.15, 0.2) is 42.9 Å². The highest BCUT2D eigenvalue weighted by Gasteiger charge is 2.33. The average Bonchev–Trinajstić information content (AvgIpc) is 2.67. The SMILES string of the molecule is FC(F)(F)c1ccc(N2CCN(c3ccc4ncncc4c3)CC2)nn1. The molecule has 1 aliphatic heterocycles. The van der Waals surface area contributed by atoms with E-state index in [1.807, 2.05) is 23.1 Å². The minimum Gasteiger partial charge on any atom is -0.368 e. The van der Waals surface area contributed by atoms with Gasteiger partial charge < -0.3 is 9.80 Å². The molecule has 6 nitrogen and oxygen atoms in total. The third kappa shape index (κ3) is 3.24. The van der Waals surface area contributed by atoms with E-state index in [0.717, 1.165) is 35.7 Å². The van der Waals surface area contributed by atoms with E-state index >= 15 is 0 Å². The van der Waals surface area contributed by atoms with Crippen molar-refractivity contribution in [3.63, 3.8) is 0 Å². The molecule has 0 amide bonds. The lowest BCUT2D eigenvalue weighted by molar-refractivity contribution is -0.141. The van der Waals surface area contributed by atoms with Crippen molar-refractivity contribution >= 4 is 22.4 Å². The van der Waals surface area contributed by atoms with Gasteiger partial charge in [-0.15, -0.1) is 10.2 Å². The van der Waals surface area contributed by atoms with E-state index in [0.29, 0.717) is 18.9 Å². The largest absolute Gasteiger partial charge is 0.435 e. The summed E-state index contributed by atoms with van der Waals surface area (Å²) in [5.41, 5.74) is 0.992. The molecule has 0 aliphatic carbocycles. The molecule has 1 aromatic carbocycles. The summed E-state index contributed by atoms with van der Waals surface area (Å²) in [4.78, 5) is 12.4. The van der Waals surface area contributed by atoms with Crippen LogP contribution in [0.5, 0.6) is 0 Å². The van der Waals surface area contributed by atoms with Gasteiger partial charge in [-0.1, -0.05) is 0 Å². The molecule has 0 N–H and O–H groups in total. The van der Waals surface area contributed by atoms with Gasteiger partial charge in [-0.3, -0.25) is 0 Å². The Morgan fingerprint density at radius 1 is 0.885 bits per heavy atom. The molecule has 0 spiro atoms. The van der Waals surface area contributed by atoms with Crippen LogP contribution in [0.3, 0.4) is 0 Å². The summed E-state index contributed by atoms with van der Waals surface area (Å²) in [6.07, 6.45) is -1.17. The summed E-state index contributed by atoms with van der Waals surface area (Å²) in [5.74, 6) is 0.463. The van der Waals surface area contributed by atoms with Crippen LogP contribution in [0.25, 0.3) is 10.9 Å². The minimum absolute atomic E-state index is 0.463. The topological polar surface area (TPSA) is 58.0 Å². The first-order valence-corrected chi connectivity index (χ1v) is 8.11. The third-order valence-corrected chi connectivity index (χ3v) is 4.40. The number of anilines is 2. The maximum Gasteiger partial charge on any atom is 0.435 e. The Bertz CT molecular complexity index is 904. The van der Waals surface area contributed by atoms with E-state index in [1.165, 1.54) is 12.4 Å². The van der Waals surface area contributed by atoms with Crippen molar-refractivity contribution in [2.24, 2.45) is 0 Å². The van der Waals surface area contributed by atoms with Crippen LogP contribution in [0.2, 0.25) is 0 Å². The molecule has 9 heteroatoms.